The number of nitrogens with one attached hydrogen (secondary N) is 1. The number of aromatic nitrogens is 1. The Hall–Kier alpha value is -1.29. The highest BCUT2D eigenvalue weighted by Gasteiger charge is 2.13. The summed E-state index contributed by atoms with van der Waals surface area (Å²) in [7, 11) is 0. The van der Waals surface area contributed by atoms with Gasteiger partial charge in [-0.1, -0.05) is 22.0 Å². The lowest BCUT2D eigenvalue weighted by Gasteiger charge is -2.02. The normalized spacial score (nSPS) is 10.8. The first-order valence-electron chi connectivity index (χ1n) is 5.54. The maximum atomic E-state index is 11.5. The molecule has 1 aromatic heterocycles. The van der Waals surface area contributed by atoms with Crippen LogP contribution in [0.25, 0.3) is 10.9 Å². The van der Waals surface area contributed by atoms with Crippen LogP contribution in [0.3, 0.4) is 0 Å². The van der Waals surface area contributed by atoms with Crippen molar-refractivity contribution in [1.29, 1.82) is 0 Å². The van der Waals surface area contributed by atoms with Crippen LogP contribution in [0.5, 0.6) is 0 Å². The Morgan fingerprint density at radius 1 is 1.47 bits per heavy atom. The van der Waals surface area contributed by atoms with Crippen molar-refractivity contribution in [3.8, 4) is 0 Å². The van der Waals surface area contributed by atoms with Crippen molar-refractivity contribution in [2.45, 2.75) is 20.3 Å². The summed E-state index contributed by atoms with van der Waals surface area (Å²) in [4.78, 5) is 14.8. The van der Waals surface area contributed by atoms with Gasteiger partial charge in [0.25, 0.3) is 0 Å². The first-order chi connectivity index (χ1) is 8.11. The average molecular weight is 296 g/mol. The van der Waals surface area contributed by atoms with Crippen LogP contribution < -0.4 is 0 Å². The van der Waals surface area contributed by atoms with Crippen molar-refractivity contribution in [1.82, 2.24) is 4.98 Å². The van der Waals surface area contributed by atoms with Crippen LogP contribution in [0, 0.1) is 6.92 Å². The number of carbonyl (C=O) groups is 1. The predicted molar refractivity (Wildman–Crippen MR) is 71.1 cm³/mol. The first-order valence-corrected chi connectivity index (χ1v) is 6.33. The molecule has 0 bridgehead atoms. The molecular weight excluding hydrogens is 282 g/mol. The van der Waals surface area contributed by atoms with E-state index in [9.17, 15) is 4.79 Å². The second kappa shape index (κ2) is 4.92. The largest absolute Gasteiger partial charge is 0.466 e. The number of aryl methyl sites for hydroxylation is 1. The molecule has 1 aromatic carbocycles. The number of carbonyl (C=O) groups excluding carboxylic acids is 1. The Labute approximate surface area is 108 Å². The molecule has 90 valence electrons. The fourth-order valence-corrected chi connectivity index (χ4v) is 2.31. The summed E-state index contributed by atoms with van der Waals surface area (Å²) in [6, 6.07) is 6.00. The van der Waals surface area contributed by atoms with Crippen LogP contribution in [-0.2, 0) is 16.0 Å². The zero-order chi connectivity index (χ0) is 12.4. The molecule has 0 spiro atoms. The number of hydrogen-bond donors (Lipinski definition) is 1. The molecule has 0 aliphatic carbocycles. The van der Waals surface area contributed by atoms with E-state index in [1.165, 1.54) is 0 Å². The fraction of sp³-hybridized carbons (Fsp3) is 0.308. The van der Waals surface area contributed by atoms with E-state index >= 15 is 0 Å². The summed E-state index contributed by atoms with van der Waals surface area (Å²) < 4.78 is 6.00. The summed E-state index contributed by atoms with van der Waals surface area (Å²) >= 11 is 3.43. The van der Waals surface area contributed by atoms with E-state index < -0.39 is 0 Å². The summed E-state index contributed by atoms with van der Waals surface area (Å²) in [5, 5.41) is 1.08. The van der Waals surface area contributed by atoms with Crippen molar-refractivity contribution in [3.63, 3.8) is 0 Å². The SMILES string of the molecule is CCOC(=O)Cc1c(C)[nH]c2cc(Br)ccc12. The van der Waals surface area contributed by atoms with Gasteiger partial charge in [-0.25, -0.2) is 0 Å². The van der Waals surface area contributed by atoms with Gasteiger partial charge < -0.3 is 9.72 Å². The zero-order valence-corrected chi connectivity index (χ0v) is 11.4. The van der Waals surface area contributed by atoms with Crippen molar-refractivity contribution >= 4 is 32.8 Å². The molecule has 0 aliphatic rings. The topological polar surface area (TPSA) is 42.1 Å². The average Bonchev–Trinajstić information content (AvgIpc) is 2.55. The van der Waals surface area contributed by atoms with Crippen LogP contribution in [0.15, 0.2) is 22.7 Å². The third-order valence-corrected chi connectivity index (χ3v) is 3.20. The highest BCUT2D eigenvalue weighted by atomic mass is 79.9. The molecule has 0 radical (unpaired) electrons. The van der Waals surface area contributed by atoms with Gasteiger partial charge >= 0.3 is 5.97 Å². The van der Waals surface area contributed by atoms with Crippen molar-refractivity contribution in [2.75, 3.05) is 6.61 Å². The van der Waals surface area contributed by atoms with E-state index in [2.05, 4.69) is 20.9 Å². The Kier molecular flexibility index (Phi) is 3.52. The number of ether oxygens (including phenoxy) is 1. The Bertz CT molecular complexity index is 560. The molecule has 0 saturated heterocycles. The molecule has 0 unspecified atom stereocenters. The lowest BCUT2D eigenvalue weighted by molar-refractivity contribution is -0.142. The van der Waals surface area contributed by atoms with E-state index in [-0.39, 0.29) is 5.97 Å². The minimum Gasteiger partial charge on any atom is -0.466 e. The molecule has 2 rings (SSSR count). The molecule has 4 heteroatoms. The number of hydrogen-bond acceptors (Lipinski definition) is 2. The Morgan fingerprint density at radius 3 is 2.94 bits per heavy atom. The van der Waals surface area contributed by atoms with Crippen molar-refractivity contribution < 1.29 is 9.53 Å². The van der Waals surface area contributed by atoms with E-state index in [0.717, 1.165) is 26.6 Å². The lowest BCUT2D eigenvalue weighted by atomic mass is 10.1. The second-order valence-corrected chi connectivity index (χ2v) is 4.82. The summed E-state index contributed by atoms with van der Waals surface area (Å²) in [6.45, 7) is 4.21. The second-order valence-electron chi connectivity index (χ2n) is 3.90. The standard InChI is InChI=1S/C13H14BrNO2/c1-3-17-13(16)7-11-8(2)15-12-6-9(14)4-5-10(11)12/h4-6,15H,3,7H2,1-2H3. The minimum atomic E-state index is -0.181. The number of fused-ring (bicyclic) bond motifs is 1. The molecule has 17 heavy (non-hydrogen) atoms. The molecule has 1 heterocycles. The molecule has 0 atom stereocenters. The number of esters is 1. The van der Waals surface area contributed by atoms with Gasteiger partial charge in [0.1, 0.15) is 0 Å². The van der Waals surface area contributed by atoms with Crippen LogP contribution in [0.1, 0.15) is 18.2 Å². The van der Waals surface area contributed by atoms with Gasteiger partial charge in [0.2, 0.25) is 0 Å². The molecule has 0 aliphatic heterocycles. The lowest BCUT2D eigenvalue weighted by Crippen LogP contribution is -2.07. The highest BCUT2D eigenvalue weighted by Crippen LogP contribution is 2.25. The maximum Gasteiger partial charge on any atom is 0.310 e. The highest BCUT2D eigenvalue weighted by molar-refractivity contribution is 9.10. The quantitative estimate of drug-likeness (QED) is 0.883. The van der Waals surface area contributed by atoms with E-state index in [1.807, 2.05) is 32.0 Å². The van der Waals surface area contributed by atoms with E-state index in [1.54, 1.807) is 0 Å². The number of rotatable bonds is 3. The van der Waals surface area contributed by atoms with Crippen molar-refractivity contribution in [2.24, 2.45) is 0 Å². The Morgan fingerprint density at radius 2 is 2.24 bits per heavy atom. The van der Waals surface area contributed by atoms with Crippen molar-refractivity contribution in [3.05, 3.63) is 33.9 Å². The molecule has 2 aromatic rings. The molecule has 3 nitrogen and oxygen atoms in total. The zero-order valence-electron chi connectivity index (χ0n) is 9.84. The maximum absolute atomic E-state index is 11.5. The molecule has 0 amide bonds. The number of benzene rings is 1. The molecular formula is C13H14BrNO2. The summed E-state index contributed by atoms with van der Waals surface area (Å²) in [5.41, 5.74) is 3.08. The van der Waals surface area contributed by atoms with Gasteiger partial charge in [-0.15, -0.1) is 0 Å². The summed E-state index contributed by atoms with van der Waals surface area (Å²) in [5.74, 6) is -0.181. The monoisotopic (exact) mass is 295 g/mol. The van der Waals surface area contributed by atoms with Crippen LogP contribution in [-0.4, -0.2) is 17.6 Å². The molecule has 1 N–H and O–H groups in total. The van der Waals surface area contributed by atoms with E-state index in [0.29, 0.717) is 13.0 Å². The fourth-order valence-electron chi connectivity index (χ4n) is 1.95. The predicted octanol–water partition coefficient (Wildman–Crippen LogP) is 3.34. The van der Waals surface area contributed by atoms with Gasteiger partial charge in [0, 0.05) is 21.1 Å². The van der Waals surface area contributed by atoms with Gasteiger partial charge in [-0.05, 0) is 31.5 Å². The smallest absolute Gasteiger partial charge is 0.310 e. The third-order valence-electron chi connectivity index (χ3n) is 2.71. The van der Waals surface area contributed by atoms with E-state index in [4.69, 9.17) is 4.74 Å². The van der Waals surface area contributed by atoms with Gasteiger partial charge in [0.15, 0.2) is 0 Å². The minimum absolute atomic E-state index is 0.181. The summed E-state index contributed by atoms with van der Waals surface area (Å²) in [6.07, 6.45) is 0.321. The first kappa shape index (κ1) is 12.2. The number of halogens is 1. The van der Waals surface area contributed by atoms with Gasteiger partial charge in [0.05, 0.1) is 13.0 Å². The van der Waals surface area contributed by atoms with Gasteiger partial charge in [-0.2, -0.15) is 0 Å². The molecule has 0 saturated carbocycles. The molecule has 0 fully saturated rings. The number of H-pyrrole nitrogens is 1. The number of aromatic amines is 1. The van der Waals surface area contributed by atoms with Crippen LogP contribution in [0.2, 0.25) is 0 Å². The Balaban J connectivity index is 2.39. The third kappa shape index (κ3) is 2.52. The van der Waals surface area contributed by atoms with Crippen LogP contribution >= 0.6 is 15.9 Å². The van der Waals surface area contributed by atoms with Gasteiger partial charge in [-0.3, -0.25) is 4.79 Å². The van der Waals surface area contributed by atoms with Crippen LogP contribution in [0.4, 0.5) is 0 Å².